The number of nitrogens with zero attached hydrogens (tertiary/aromatic N) is 2. The Morgan fingerprint density at radius 2 is 2.25 bits per heavy atom. The number of rotatable bonds is 8. The average Bonchev–Trinajstić information content (AvgIpc) is 3.09. The fraction of sp³-hybridized carbons (Fsp3) is 0.632. The molecule has 1 unspecified atom stereocenters. The Balaban J connectivity index is 1.63. The third kappa shape index (κ3) is 6.13. The molecule has 0 amide bonds. The van der Waals surface area contributed by atoms with Crippen LogP contribution in [0.2, 0.25) is 0 Å². The van der Waals surface area contributed by atoms with Crippen molar-refractivity contribution in [2.45, 2.75) is 26.3 Å². The maximum absolute atomic E-state index is 5.73. The highest BCUT2D eigenvalue weighted by Gasteiger charge is 2.15. The molecule has 1 aromatic carbocycles. The van der Waals surface area contributed by atoms with Gasteiger partial charge in [-0.2, -0.15) is 0 Å². The first-order chi connectivity index (χ1) is 11.7. The maximum atomic E-state index is 5.73. The number of aryl methyl sites for hydroxylation is 1. The van der Waals surface area contributed by atoms with E-state index in [1.165, 1.54) is 11.1 Å². The minimum atomic E-state index is 0.589. The minimum absolute atomic E-state index is 0.589. The highest BCUT2D eigenvalue weighted by atomic mass is 16.5. The second kappa shape index (κ2) is 10.3. The van der Waals surface area contributed by atoms with Gasteiger partial charge < -0.3 is 19.7 Å². The first kappa shape index (κ1) is 18.7. The van der Waals surface area contributed by atoms with Crippen molar-refractivity contribution in [3.05, 3.63) is 35.4 Å². The molecule has 1 fully saturated rings. The Morgan fingerprint density at radius 1 is 1.42 bits per heavy atom. The molecule has 0 bridgehead atoms. The summed E-state index contributed by atoms with van der Waals surface area (Å²) in [6, 6.07) is 8.47. The average molecular weight is 333 g/mol. The zero-order valence-corrected chi connectivity index (χ0v) is 15.3. The molecular formula is C19H31N3O2. The van der Waals surface area contributed by atoms with E-state index >= 15 is 0 Å². The first-order valence-electron chi connectivity index (χ1n) is 8.82. The molecule has 5 heteroatoms. The Bertz CT molecular complexity index is 513. The largest absolute Gasteiger partial charge is 0.381 e. The van der Waals surface area contributed by atoms with Crippen LogP contribution in [0, 0.1) is 12.8 Å². The van der Waals surface area contributed by atoms with Crippen molar-refractivity contribution >= 4 is 5.96 Å². The highest BCUT2D eigenvalue weighted by molar-refractivity contribution is 5.79. The molecule has 1 saturated heterocycles. The summed E-state index contributed by atoms with van der Waals surface area (Å²) in [6.07, 6.45) is 2.11. The maximum Gasteiger partial charge on any atom is 0.193 e. The topological polar surface area (TPSA) is 46.1 Å². The van der Waals surface area contributed by atoms with Crippen LogP contribution in [0.3, 0.4) is 0 Å². The van der Waals surface area contributed by atoms with Gasteiger partial charge in [0.1, 0.15) is 0 Å². The number of benzene rings is 1. The first-order valence-corrected chi connectivity index (χ1v) is 8.82. The van der Waals surface area contributed by atoms with Crippen molar-refractivity contribution in [2.24, 2.45) is 10.9 Å². The predicted molar refractivity (Wildman–Crippen MR) is 98.4 cm³/mol. The number of hydrogen-bond acceptors (Lipinski definition) is 3. The predicted octanol–water partition coefficient (Wildman–Crippen LogP) is 2.45. The van der Waals surface area contributed by atoms with E-state index in [4.69, 9.17) is 9.47 Å². The second-order valence-corrected chi connectivity index (χ2v) is 6.41. The van der Waals surface area contributed by atoms with E-state index < -0.39 is 0 Å². The van der Waals surface area contributed by atoms with Gasteiger partial charge in [0.05, 0.1) is 13.2 Å². The Labute approximate surface area is 146 Å². The summed E-state index contributed by atoms with van der Waals surface area (Å²) in [5.74, 6) is 1.51. The summed E-state index contributed by atoms with van der Waals surface area (Å²) >= 11 is 0. The highest BCUT2D eigenvalue weighted by Crippen LogP contribution is 2.12. The van der Waals surface area contributed by atoms with E-state index in [1.807, 2.05) is 7.05 Å². The summed E-state index contributed by atoms with van der Waals surface area (Å²) in [5, 5.41) is 3.41. The number of ether oxygens (including phenoxy) is 2. The van der Waals surface area contributed by atoms with Gasteiger partial charge in [-0.25, -0.2) is 0 Å². The standard InChI is InChI=1S/C19H31N3O2/c1-16-7-4-5-8-18(16)13-22(3)19(20-2)21-10-6-11-23-14-17-9-12-24-15-17/h4-5,7-8,17H,6,9-15H2,1-3H3,(H,20,21). The third-order valence-electron chi connectivity index (χ3n) is 4.37. The Morgan fingerprint density at radius 3 is 2.96 bits per heavy atom. The van der Waals surface area contributed by atoms with Crippen LogP contribution < -0.4 is 5.32 Å². The Kier molecular flexibility index (Phi) is 8.05. The van der Waals surface area contributed by atoms with E-state index in [-0.39, 0.29) is 0 Å². The fourth-order valence-electron chi connectivity index (χ4n) is 2.84. The van der Waals surface area contributed by atoms with Crippen LogP contribution in [-0.2, 0) is 16.0 Å². The molecule has 24 heavy (non-hydrogen) atoms. The molecule has 1 aliphatic rings. The molecule has 0 radical (unpaired) electrons. The van der Waals surface area contributed by atoms with Gasteiger partial charge in [-0.15, -0.1) is 0 Å². The van der Waals surface area contributed by atoms with E-state index in [9.17, 15) is 0 Å². The summed E-state index contributed by atoms with van der Waals surface area (Å²) in [6.45, 7) is 7.21. The van der Waals surface area contributed by atoms with E-state index in [2.05, 4.69) is 53.4 Å². The smallest absolute Gasteiger partial charge is 0.193 e. The molecule has 1 heterocycles. The van der Waals surface area contributed by atoms with Crippen LogP contribution in [0.15, 0.2) is 29.3 Å². The molecule has 1 N–H and O–H groups in total. The molecule has 0 saturated carbocycles. The number of aliphatic imine (C=N–C) groups is 1. The van der Waals surface area contributed by atoms with Gasteiger partial charge in [-0.05, 0) is 30.9 Å². The molecule has 0 aliphatic carbocycles. The van der Waals surface area contributed by atoms with Crippen molar-refractivity contribution < 1.29 is 9.47 Å². The van der Waals surface area contributed by atoms with Crippen LogP contribution in [0.4, 0.5) is 0 Å². The quantitative estimate of drug-likeness (QED) is 0.451. The number of nitrogens with one attached hydrogen (secondary N) is 1. The van der Waals surface area contributed by atoms with Gasteiger partial charge in [0.25, 0.3) is 0 Å². The summed E-state index contributed by atoms with van der Waals surface area (Å²) in [5.41, 5.74) is 2.63. The molecule has 1 aromatic rings. The van der Waals surface area contributed by atoms with Crippen molar-refractivity contribution in [1.82, 2.24) is 10.2 Å². The van der Waals surface area contributed by atoms with Gasteiger partial charge in [0.2, 0.25) is 0 Å². The molecule has 0 spiro atoms. The Hall–Kier alpha value is -1.59. The molecule has 0 aromatic heterocycles. The SMILES string of the molecule is CN=C(NCCCOCC1CCOC1)N(C)Cc1ccccc1C. The lowest BCUT2D eigenvalue weighted by Crippen LogP contribution is -2.39. The number of hydrogen-bond donors (Lipinski definition) is 1. The van der Waals surface area contributed by atoms with Crippen LogP contribution >= 0.6 is 0 Å². The number of guanidine groups is 1. The van der Waals surface area contributed by atoms with E-state index in [0.29, 0.717) is 5.92 Å². The second-order valence-electron chi connectivity index (χ2n) is 6.41. The van der Waals surface area contributed by atoms with E-state index in [0.717, 1.165) is 58.3 Å². The van der Waals surface area contributed by atoms with Crippen LogP contribution in [-0.4, -0.2) is 57.9 Å². The minimum Gasteiger partial charge on any atom is -0.381 e. The lowest BCUT2D eigenvalue weighted by Gasteiger charge is -2.23. The van der Waals surface area contributed by atoms with Crippen molar-refractivity contribution in [3.8, 4) is 0 Å². The lowest BCUT2D eigenvalue weighted by molar-refractivity contribution is 0.0887. The van der Waals surface area contributed by atoms with E-state index in [1.54, 1.807) is 0 Å². The van der Waals surface area contributed by atoms with Crippen LogP contribution in [0.25, 0.3) is 0 Å². The van der Waals surface area contributed by atoms with Gasteiger partial charge in [-0.1, -0.05) is 24.3 Å². The van der Waals surface area contributed by atoms with Gasteiger partial charge in [-0.3, -0.25) is 4.99 Å². The molecule has 134 valence electrons. The normalized spacial score (nSPS) is 18.0. The van der Waals surface area contributed by atoms with Crippen LogP contribution in [0.5, 0.6) is 0 Å². The summed E-state index contributed by atoms with van der Waals surface area (Å²) in [7, 11) is 3.89. The molecule has 5 nitrogen and oxygen atoms in total. The molecular weight excluding hydrogens is 302 g/mol. The van der Waals surface area contributed by atoms with Gasteiger partial charge >= 0.3 is 0 Å². The molecule has 2 rings (SSSR count). The zero-order chi connectivity index (χ0) is 17.2. The summed E-state index contributed by atoms with van der Waals surface area (Å²) < 4.78 is 11.1. The van der Waals surface area contributed by atoms with Crippen molar-refractivity contribution in [2.75, 3.05) is 47.1 Å². The van der Waals surface area contributed by atoms with Crippen LogP contribution in [0.1, 0.15) is 24.0 Å². The fourth-order valence-corrected chi connectivity index (χ4v) is 2.84. The zero-order valence-electron chi connectivity index (χ0n) is 15.3. The molecule has 1 atom stereocenters. The third-order valence-corrected chi connectivity index (χ3v) is 4.37. The van der Waals surface area contributed by atoms with Crippen molar-refractivity contribution in [3.63, 3.8) is 0 Å². The monoisotopic (exact) mass is 333 g/mol. The summed E-state index contributed by atoms with van der Waals surface area (Å²) in [4.78, 5) is 6.52. The lowest BCUT2D eigenvalue weighted by atomic mass is 10.1. The van der Waals surface area contributed by atoms with Gasteiger partial charge in [0, 0.05) is 46.3 Å². The van der Waals surface area contributed by atoms with Gasteiger partial charge in [0.15, 0.2) is 5.96 Å². The van der Waals surface area contributed by atoms with Crippen molar-refractivity contribution in [1.29, 1.82) is 0 Å². The molecule has 1 aliphatic heterocycles.